The van der Waals surface area contributed by atoms with Gasteiger partial charge in [-0.2, -0.15) is 0 Å². The Morgan fingerprint density at radius 2 is 2.06 bits per heavy atom. The van der Waals surface area contributed by atoms with E-state index in [2.05, 4.69) is 4.98 Å². The van der Waals surface area contributed by atoms with E-state index in [0.29, 0.717) is 0 Å². The SMILES string of the molecule is Cc1cc([N+](=O)[O-])nc(S(=O)(=O)Cl)c1C(F)F. The van der Waals surface area contributed by atoms with Crippen molar-refractivity contribution in [1.82, 2.24) is 4.98 Å². The number of rotatable bonds is 3. The summed E-state index contributed by atoms with van der Waals surface area (Å²) in [6.07, 6.45) is -3.15. The molecule has 0 aliphatic rings. The van der Waals surface area contributed by atoms with Crippen LogP contribution in [-0.2, 0) is 9.05 Å². The van der Waals surface area contributed by atoms with Crippen LogP contribution in [0.4, 0.5) is 14.6 Å². The quantitative estimate of drug-likeness (QED) is 0.482. The van der Waals surface area contributed by atoms with Gasteiger partial charge in [-0.05, 0) is 22.4 Å². The van der Waals surface area contributed by atoms with Gasteiger partial charge in [-0.15, -0.1) is 0 Å². The Morgan fingerprint density at radius 3 is 2.41 bits per heavy atom. The van der Waals surface area contributed by atoms with Gasteiger partial charge in [0.15, 0.2) is 0 Å². The number of halogens is 3. The van der Waals surface area contributed by atoms with E-state index in [1.165, 1.54) is 0 Å². The van der Waals surface area contributed by atoms with E-state index in [-0.39, 0.29) is 5.56 Å². The Bertz CT molecular complexity index is 575. The summed E-state index contributed by atoms with van der Waals surface area (Å²) < 4.78 is 47.3. The third-order valence-corrected chi connectivity index (χ3v) is 3.06. The Hall–Kier alpha value is -1.35. The molecule has 1 aromatic rings. The smallest absolute Gasteiger partial charge is 0.358 e. The van der Waals surface area contributed by atoms with Crippen LogP contribution in [0, 0.1) is 17.0 Å². The van der Waals surface area contributed by atoms with Crippen molar-refractivity contribution in [3.63, 3.8) is 0 Å². The van der Waals surface area contributed by atoms with E-state index in [0.717, 1.165) is 13.0 Å². The van der Waals surface area contributed by atoms with Gasteiger partial charge >= 0.3 is 14.9 Å². The predicted octanol–water partition coefficient (Wildman–Crippen LogP) is 2.16. The molecule has 0 radical (unpaired) electrons. The van der Waals surface area contributed by atoms with Crippen LogP contribution in [0.2, 0.25) is 0 Å². The number of hydrogen-bond acceptors (Lipinski definition) is 5. The predicted molar refractivity (Wildman–Crippen MR) is 53.6 cm³/mol. The third kappa shape index (κ3) is 2.86. The van der Waals surface area contributed by atoms with Gasteiger partial charge in [0.1, 0.15) is 0 Å². The molecule has 0 aliphatic carbocycles. The van der Waals surface area contributed by atoms with Gasteiger partial charge in [0.05, 0.1) is 5.56 Å². The van der Waals surface area contributed by atoms with Crippen molar-refractivity contribution < 1.29 is 22.1 Å². The minimum absolute atomic E-state index is 0.263. The summed E-state index contributed by atoms with van der Waals surface area (Å²) in [5.74, 6) is -0.855. The molecule has 0 aromatic carbocycles. The van der Waals surface area contributed by atoms with Crippen molar-refractivity contribution in [1.29, 1.82) is 0 Å². The molecule has 0 bridgehead atoms. The monoisotopic (exact) mass is 286 g/mol. The molecule has 0 unspecified atom stereocenters. The molecule has 10 heteroatoms. The maximum absolute atomic E-state index is 12.6. The topological polar surface area (TPSA) is 90.2 Å². The summed E-state index contributed by atoms with van der Waals surface area (Å²) in [7, 11) is 0.330. The summed E-state index contributed by atoms with van der Waals surface area (Å²) in [6, 6.07) is 0.757. The lowest BCUT2D eigenvalue weighted by molar-refractivity contribution is -0.390. The highest BCUT2D eigenvalue weighted by atomic mass is 35.7. The molecular weight excluding hydrogens is 282 g/mol. The first kappa shape index (κ1) is 13.7. The molecule has 0 N–H and O–H groups in total. The minimum atomic E-state index is -4.58. The third-order valence-electron chi connectivity index (χ3n) is 1.85. The van der Waals surface area contributed by atoms with E-state index >= 15 is 0 Å². The van der Waals surface area contributed by atoms with Crippen LogP contribution < -0.4 is 0 Å². The summed E-state index contributed by atoms with van der Waals surface area (Å²) >= 11 is 0. The summed E-state index contributed by atoms with van der Waals surface area (Å²) in [4.78, 5) is 12.5. The molecule has 1 rings (SSSR count). The van der Waals surface area contributed by atoms with Crippen molar-refractivity contribution >= 4 is 25.6 Å². The molecule has 0 aliphatic heterocycles. The molecule has 0 amide bonds. The lowest BCUT2D eigenvalue weighted by Gasteiger charge is -2.05. The average molecular weight is 287 g/mol. The lowest BCUT2D eigenvalue weighted by atomic mass is 10.1. The number of aryl methyl sites for hydroxylation is 1. The van der Waals surface area contributed by atoms with Crippen molar-refractivity contribution in [2.24, 2.45) is 0 Å². The number of hydrogen-bond donors (Lipinski definition) is 0. The molecule has 0 atom stereocenters. The fourth-order valence-electron chi connectivity index (χ4n) is 1.18. The highest BCUT2D eigenvalue weighted by molar-refractivity contribution is 8.13. The van der Waals surface area contributed by atoms with Crippen LogP contribution in [0.3, 0.4) is 0 Å². The van der Waals surface area contributed by atoms with Gasteiger partial charge in [0.25, 0.3) is 11.5 Å². The Balaban J connectivity index is 3.69. The van der Waals surface area contributed by atoms with E-state index in [1.54, 1.807) is 0 Å². The van der Waals surface area contributed by atoms with Crippen LogP contribution in [-0.4, -0.2) is 18.3 Å². The van der Waals surface area contributed by atoms with E-state index in [9.17, 15) is 27.3 Å². The molecule has 94 valence electrons. The normalized spacial score (nSPS) is 11.8. The van der Waals surface area contributed by atoms with Crippen LogP contribution in [0.25, 0.3) is 0 Å². The number of alkyl halides is 2. The van der Waals surface area contributed by atoms with Gasteiger partial charge in [-0.1, -0.05) is 0 Å². The van der Waals surface area contributed by atoms with Crippen molar-refractivity contribution in [2.75, 3.05) is 0 Å². The first-order chi connectivity index (χ1) is 7.64. The second-order valence-corrected chi connectivity index (χ2v) is 5.49. The largest absolute Gasteiger partial charge is 0.365 e. The zero-order valence-corrected chi connectivity index (χ0v) is 9.80. The summed E-state index contributed by atoms with van der Waals surface area (Å²) in [5, 5.41) is 9.25. The molecule has 0 saturated carbocycles. The summed E-state index contributed by atoms with van der Waals surface area (Å²) in [6.45, 7) is 1.11. The summed E-state index contributed by atoms with van der Waals surface area (Å²) in [5.41, 5.74) is -1.19. The zero-order valence-electron chi connectivity index (χ0n) is 8.22. The van der Waals surface area contributed by atoms with Gasteiger partial charge in [-0.25, -0.2) is 17.2 Å². The van der Waals surface area contributed by atoms with Crippen molar-refractivity contribution in [3.05, 3.63) is 27.3 Å². The minimum Gasteiger partial charge on any atom is -0.358 e. The fourth-order valence-corrected chi connectivity index (χ4v) is 2.25. The van der Waals surface area contributed by atoms with E-state index < -0.39 is 36.8 Å². The highest BCUT2D eigenvalue weighted by Crippen LogP contribution is 2.32. The second kappa shape index (κ2) is 4.49. The standard InChI is InChI=1S/C7H5ClF2N2O4S/c1-3-2-4(12(13)14)11-7(17(8,15)16)5(3)6(9)10/h2,6H,1H3. The molecule has 6 nitrogen and oxygen atoms in total. The van der Waals surface area contributed by atoms with Crippen LogP contribution >= 0.6 is 10.7 Å². The molecule has 1 aromatic heterocycles. The molecule has 0 saturated heterocycles. The fraction of sp³-hybridized carbons (Fsp3) is 0.286. The lowest BCUT2D eigenvalue weighted by Crippen LogP contribution is -2.07. The van der Waals surface area contributed by atoms with E-state index in [4.69, 9.17) is 10.7 Å². The molecule has 1 heterocycles. The Kier molecular flexibility index (Phi) is 3.62. The second-order valence-electron chi connectivity index (χ2n) is 3.01. The number of nitrogens with zero attached hydrogens (tertiary/aromatic N) is 2. The first-order valence-corrected chi connectivity index (χ1v) is 6.34. The van der Waals surface area contributed by atoms with Gasteiger partial charge in [-0.3, -0.25) is 0 Å². The molecule has 17 heavy (non-hydrogen) atoms. The van der Waals surface area contributed by atoms with Crippen LogP contribution in [0.1, 0.15) is 17.6 Å². The van der Waals surface area contributed by atoms with Gasteiger partial charge in [0, 0.05) is 16.7 Å². The highest BCUT2D eigenvalue weighted by Gasteiger charge is 2.32. The van der Waals surface area contributed by atoms with Crippen LogP contribution in [0.15, 0.2) is 11.1 Å². The van der Waals surface area contributed by atoms with Crippen LogP contribution in [0.5, 0.6) is 0 Å². The van der Waals surface area contributed by atoms with Gasteiger partial charge in [0.2, 0.25) is 0 Å². The molecule has 0 fully saturated rings. The first-order valence-electron chi connectivity index (χ1n) is 4.03. The zero-order chi connectivity index (χ0) is 13.4. The number of nitro groups is 1. The van der Waals surface area contributed by atoms with E-state index in [1.807, 2.05) is 0 Å². The van der Waals surface area contributed by atoms with Crippen molar-refractivity contribution in [3.8, 4) is 0 Å². The Morgan fingerprint density at radius 1 is 1.53 bits per heavy atom. The van der Waals surface area contributed by atoms with Crippen molar-refractivity contribution in [2.45, 2.75) is 18.4 Å². The van der Waals surface area contributed by atoms with Gasteiger partial charge < -0.3 is 10.1 Å². The average Bonchev–Trinajstić information content (AvgIpc) is 2.14. The number of pyridine rings is 1. The molecular formula is C7H5ClF2N2O4S. The number of aromatic nitrogens is 1. The molecule has 0 spiro atoms. The maximum Gasteiger partial charge on any atom is 0.365 e. The maximum atomic E-state index is 12.6. The Labute approximate surface area is 98.8 Å².